The van der Waals surface area contributed by atoms with Crippen molar-refractivity contribution in [2.24, 2.45) is 0 Å². The summed E-state index contributed by atoms with van der Waals surface area (Å²) in [6.07, 6.45) is 4.80. The van der Waals surface area contributed by atoms with E-state index in [4.69, 9.17) is 4.42 Å². The summed E-state index contributed by atoms with van der Waals surface area (Å²) in [4.78, 5) is 14.7. The van der Waals surface area contributed by atoms with E-state index in [1.165, 1.54) is 25.7 Å². The second kappa shape index (κ2) is 9.05. The van der Waals surface area contributed by atoms with Gasteiger partial charge in [0.05, 0.1) is 12.0 Å². The molecule has 2 aromatic rings. The average Bonchev–Trinajstić information content (AvgIpc) is 3.61. The molecule has 2 fully saturated rings. The average molecular weight is 495 g/mol. The Morgan fingerprint density at radius 3 is 2.35 bits per heavy atom. The molecule has 1 aliphatic carbocycles. The van der Waals surface area contributed by atoms with E-state index in [1.54, 1.807) is 6.07 Å². The van der Waals surface area contributed by atoms with Crippen molar-refractivity contribution >= 4 is 22.6 Å². The molecule has 0 N–H and O–H groups in total. The maximum Gasteiger partial charge on any atom is 0.203 e. The Kier molecular flexibility index (Phi) is 5.82. The molecule has 0 bridgehead atoms. The minimum Gasteiger partial charge on any atom is -0.545 e. The monoisotopic (exact) mass is 494 g/mol. The predicted molar refractivity (Wildman–Crippen MR) is 147 cm³/mol. The van der Waals surface area contributed by atoms with Crippen LogP contribution in [-0.2, 0) is 5.41 Å². The number of hydrogen-bond acceptors (Lipinski definition) is 4. The molecule has 5 heteroatoms. The normalized spacial score (nSPS) is 16.3. The summed E-state index contributed by atoms with van der Waals surface area (Å²) in [6, 6.07) is 18.4. The molecule has 37 heavy (non-hydrogen) atoms. The SMILES string of the molecule is CC(C)(C)c1ccc(C(=O)[O-])c(-c2c3ccc(=[N+]4CCCC4)cc-3oc3cc(N4CCCC4)ccc23)c1. The Morgan fingerprint density at radius 2 is 1.65 bits per heavy atom. The molecule has 0 aromatic heterocycles. The van der Waals surface area contributed by atoms with Crippen LogP contribution in [0.1, 0.15) is 62.4 Å². The lowest BCUT2D eigenvalue weighted by molar-refractivity contribution is -0.254. The van der Waals surface area contributed by atoms with Gasteiger partial charge >= 0.3 is 0 Å². The van der Waals surface area contributed by atoms with Gasteiger partial charge in [-0.2, -0.15) is 0 Å². The van der Waals surface area contributed by atoms with Gasteiger partial charge < -0.3 is 19.2 Å². The van der Waals surface area contributed by atoms with Crippen molar-refractivity contribution < 1.29 is 14.3 Å². The van der Waals surface area contributed by atoms with Gasteiger partial charge in [0.1, 0.15) is 24.4 Å². The van der Waals surface area contributed by atoms with Gasteiger partial charge in [-0.15, -0.1) is 0 Å². The quantitative estimate of drug-likeness (QED) is 0.296. The summed E-state index contributed by atoms with van der Waals surface area (Å²) in [6.45, 7) is 10.6. The number of fused-ring (bicyclic) bond motifs is 2. The molecule has 2 aromatic carbocycles. The van der Waals surface area contributed by atoms with E-state index in [-0.39, 0.29) is 11.0 Å². The Hall–Kier alpha value is -3.60. The van der Waals surface area contributed by atoms with E-state index < -0.39 is 5.97 Å². The van der Waals surface area contributed by atoms with Gasteiger partial charge in [0.2, 0.25) is 5.36 Å². The van der Waals surface area contributed by atoms with Crippen LogP contribution in [-0.4, -0.2) is 32.1 Å². The molecule has 6 rings (SSSR count). The molecule has 0 unspecified atom stereocenters. The van der Waals surface area contributed by atoms with Crippen LogP contribution in [0, 0.1) is 0 Å². The van der Waals surface area contributed by atoms with Crippen LogP contribution in [0.2, 0.25) is 0 Å². The van der Waals surface area contributed by atoms with Crippen molar-refractivity contribution in [2.45, 2.75) is 51.9 Å². The third-order valence-electron chi connectivity index (χ3n) is 8.01. The van der Waals surface area contributed by atoms with Gasteiger partial charge in [0.25, 0.3) is 0 Å². The van der Waals surface area contributed by atoms with Crippen molar-refractivity contribution in [1.82, 2.24) is 4.58 Å². The molecule has 5 nitrogen and oxygen atoms in total. The summed E-state index contributed by atoms with van der Waals surface area (Å²) in [5.41, 5.74) is 5.57. The van der Waals surface area contributed by atoms with Gasteiger partial charge in [-0.25, -0.2) is 4.58 Å². The third-order valence-corrected chi connectivity index (χ3v) is 8.01. The lowest BCUT2D eigenvalue weighted by atomic mass is 9.82. The molecule has 2 saturated heterocycles. The topological polar surface area (TPSA) is 59.5 Å². The maximum absolute atomic E-state index is 12.3. The summed E-state index contributed by atoms with van der Waals surface area (Å²) >= 11 is 0. The smallest absolute Gasteiger partial charge is 0.203 e. The van der Waals surface area contributed by atoms with Crippen LogP contribution in [0.4, 0.5) is 5.69 Å². The van der Waals surface area contributed by atoms with Crippen molar-refractivity contribution in [3.63, 3.8) is 0 Å². The van der Waals surface area contributed by atoms with E-state index in [0.717, 1.165) is 70.6 Å². The minimum absolute atomic E-state index is 0.129. The van der Waals surface area contributed by atoms with E-state index in [2.05, 4.69) is 66.6 Å². The Labute approximate surface area is 218 Å². The number of carbonyl (C=O) groups excluding carboxylic acids is 1. The highest BCUT2D eigenvalue weighted by atomic mass is 16.4. The largest absolute Gasteiger partial charge is 0.545 e. The zero-order chi connectivity index (χ0) is 25.7. The number of nitrogens with zero attached hydrogens (tertiary/aromatic N) is 2. The van der Waals surface area contributed by atoms with E-state index in [9.17, 15) is 9.90 Å². The number of aromatic carboxylic acids is 1. The molecule has 0 amide bonds. The second-order valence-corrected chi connectivity index (χ2v) is 11.5. The predicted octanol–water partition coefficient (Wildman–Crippen LogP) is 5.03. The highest BCUT2D eigenvalue weighted by Gasteiger charge is 2.24. The zero-order valence-corrected chi connectivity index (χ0v) is 22.0. The highest BCUT2D eigenvalue weighted by Crippen LogP contribution is 2.43. The van der Waals surface area contributed by atoms with Gasteiger partial charge in [0.15, 0.2) is 0 Å². The molecule has 0 saturated carbocycles. The van der Waals surface area contributed by atoms with Crippen molar-refractivity contribution in [3.05, 3.63) is 71.1 Å². The van der Waals surface area contributed by atoms with Crippen LogP contribution < -0.4 is 19.9 Å². The number of carboxylic acid groups (broad SMARTS) is 1. The summed E-state index contributed by atoms with van der Waals surface area (Å²) in [7, 11) is 0. The van der Waals surface area contributed by atoms with Gasteiger partial charge in [-0.05, 0) is 53.6 Å². The maximum atomic E-state index is 12.3. The number of carboxylic acids is 1. The fraction of sp³-hybridized carbons (Fsp3) is 0.375. The Morgan fingerprint density at radius 1 is 0.892 bits per heavy atom. The first kappa shape index (κ1) is 23.8. The first-order valence-electron chi connectivity index (χ1n) is 13.5. The van der Waals surface area contributed by atoms with Crippen LogP contribution in [0.15, 0.2) is 59.0 Å². The fourth-order valence-electron chi connectivity index (χ4n) is 5.90. The van der Waals surface area contributed by atoms with Crippen molar-refractivity contribution in [3.8, 4) is 22.5 Å². The van der Waals surface area contributed by atoms with E-state index >= 15 is 0 Å². The van der Waals surface area contributed by atoms with E-state index in [1.807, 2.05) is 12.1 Å². The number of carbonyl (C=O) groups is 1. The molecule has 0 atom stereocenters. The summed E-state index contributed by atoms with van der Waals surface area (Å²) < 4.78 is 8.99. The Balaban J connectivity index is 1.69. The van der Waals surface area contributed by atoms with Crippen LogP contribution in [0.3, 0.4) is 0 Å². The van der Waals surface area contributed by atoms with Gasteiger partial charge in [-0.3, -0.25) is 0 Å². The van der Waals surface area contributed by atoms with Crippen LogP contribution in [0.5, 0.6) is 0 Å². The van der Waals surface area contributed by atoms with E-state index in [0.29, 0.717) is 5.56 Å². The standard InChI is InChI=1S/C32H34N2O3/c1-32(2,3)21-8-11-24(31(35)36)27(18-21)30-25-12-9-22(33-14-4-5-15-33)19-28(25)37-29-20-23(10-13-26(29)30)34-16-6-7-17-34/h8-13,18-20H,4-7,14-17H2,1-3H3. The number of anilines is 1. The molecule has 0 spiro atoms. The van der Waals surface area contributed by atoms with Crippen LogP contribution in [0.25, 0.3) is 33.4 Å². The molecule has 3 aliphatic heterocycles. The molecule has 190 valence electrons. The first-order valence-corrected chi connectivity index (χ1v) is 13.5. The zero-order valence-electron chi connectivity index (χ0n) is 22.0. The fourth-order valence-corrected chi connectivity index (χ4v) is 5.90. The molecular formula is C32H34N2O3. The van der Waals surface area contributed by atoms with Gasteiger partial charge in [0, 0.05) is 65.8 Å². The first-order chi connectivity index (χ1) is 17.8. The lowest BCUT2D eigenvalue weighted by Crippen LogP contribution is -2.26. The molecule has 0 radical (unpaired) electrons. The summed E-state index contributed by atoms with van der Waals surface area (Å²) in [5.74, 6) is -0.393. The van der Waals surface area contributed by atoms with Crippen LogP contribution >= 0.6 is 0 Å². The highest BCUT2D eigenvalue weighted by molar-refractivity contribution is 6.07. The van der Waals surface area contributed by atoms with Crippen molar-refractivity contribution in [1.29, 1.82) is 0 Å². The van der Waals surface area contributed by atoms with Gasteiger partial charge in [-0.1, -0.05) is 32.9 Å². The summed E-state index contributed by atoms with van der Waals surface area (Å²) in [5, 5.41) is 14.4. The number of rotatable bonds is 3. The third kappa shape index (κ3) is 4.30. The Bertz CT molecular complexity index is 1540. The second-order valence-electron chi connectivity index (χ2n) is 11.5. The molecular weight excluding hydrogens is 460 g/mol. The number of benzene rings is 3. The van der Waals surface area contributed by atoms with Crippen molar-refractivity contribution in [2.75, 3.05) is 31.1 Å². The lowest BCUT2D eigenvalue weighted by Gasteiger charge is -2.24. The minimum atomic E-state index is -1.17. The number of hydrogen-bond donors (Lipinski definition) is 0. The molecule has 4 aliphatic rings. The molecule has 3 heterocycles.